The summed E-state index contributed by atoms with van der Waals surface area (Å²) in [4.78, 5) is 26.8. The zero-order chi connectivity index (χ0) is 18.1. The summed E-state index contributed by atoms with van der Waals surface area (Å²) in [6.07, 6.45) is 1.71. The van der Waals surface area contributed by atoms with Gasteiger partial charge in [0.2, 0.25) is 11.8 Å². The Morgan fingerprint density at radius 3 is 2.58 bits per heavy atom. The number of nitrogens with zero attached hydrogens (tertiary/aromatic N) is 1. The van der Waals surface area contributed by atoms with Crippen molar-refractivity contribution in [3.63, 3.8) is 0 Å². The van der Waals surface area contributed by atoms with Crippen molar-refractivity contribution in [1.82, 2.24) is 0 Å². The predicted molar refractivity (Wildman–Crippen MR) is 100 cm³/mol. The summed E-state index contributed by atoms with van der Waals surface area (Å²) in [6, 6.07) is 15.6. The molecule has 2 amide bonds. The lowest BCUT2D eigenvalue weighted by Crippen LogP contribution is -2.44. The number of likely N-dealkylation sites (N-methyl/N-ethyl adjacent to an activating group) is 1. The molecule has 5 nitrogen and oxygen atoms in total. The Hall–Kier alpha value is -2.66. The molecule has 26 heavy (non-hydrogen) atoms. The number of nitrogens with one attached hydrogen (secondary N) is 1. The summed E-state index contributed by atoms with van der Waals surface area (Å²) in [6.45, 7) is 1.15. The molecule has 1 saturated heterocycles. The van der Waals surface area contributed by atoms with Crippen LogP contribution >= 0.6 is 0 Å². The highest BCUT2D eigenvalue weighted by Gasteiger charge is 2.41. The van der Waals surface area contributed by atoms with Crippen molar-refractivity contribution in [1.29, 1.82) is 0 Å². The highest BCUT2D eigenvalue weighted by atomic mass is 16.5. The van der Waals surface area contributed by atoms with Gasteiger partial charge >= 0.3 is 0 Å². The summed E-state index contributed by atoms with van der Waals surface area (Å²) in [5.74, 6) is 0.0679. The first-order valence-electron chi connectivity index (χ1n) is 8.94. The average Bonchev–Trinajstić information content (AvgIpc) is 2.96. The Balaban J connectivity index is 1.62. The fraction of sp³-hybridized carbons (Fsp3) is 0.333. The van der Waals surface area contributed by atoms with Gasteiger partial charge in [-0.25, -0.2) is 0 Å². The first kappa shape index (κ1) is 16.8. The van der Waals surface area contributed by atoms with E-state index < -0.39 is 5.41 Å². The first-order valence-corrected chi connectivity index (χ1v) is 8.94. The highest BCUT2D eigenvalue weighted by Crippen LogP contribution is 2.37. The van der Waals surface area contributed by atoms with Gasteiger partial charge in [-0.1, -0.05) is 30.3 Å². The van der Waals surface area contributed by atoms with E-state index in [1.54, 1.807) is 11.9 Å². The lowest BCUT2D eigenvalue weighted by molar-refractivity contribution is -0.125. The van der Waals surface area contributed by atoms with Crippen molar-refractivity contribution in [2.24, 2.45) is 0 Å². The van der Waals surface area contributed by atoms with Crippen LogP contribution in [0, 0.1) is 0 Å². The zero-order valence-electron chi connectivity index (χ0n) is 14.8. The van der Waals surface area contributed by atoms with E-state index in [0.29, 0.717) is 32.5 Å². The number of carbonyl (C=O) groups excluding carboxylic acids is 2. The van der Waals surface area contributed by atoms with Crippen LogP contribution in [0.15, 0.2) is 48.5 Å². The maximum absolute atomic E-state index is 13.3. The number of fused-ring (bicyclic) bond motifs is 1. The van der Waals surface area contributed by atoms with Gasteiger partial charge in [-0.2, -0.15) is 0 Å². The normalized spacial score (nSPS) is 18.5. The molecule has 2 aromatic rings. The second-order valence-corrected chi connectivity index (χ2v) is 6.99. The van der Waals surface area contributed by atoms with E-state index in [0.717, 1.165) is 22.5 Å². The number of rotatable bonds is 3. The van der Waals surface area contributed by atoms with Gasteiger partial charge in [-0.05, 0) is 42.2 Å². The Labute approximate surface area is 153 Å². The molecule has 0 radical (unpaired) electrons. The largest absolute Gasteiger partial charge is 0.381 e. The molecule has 5 heteroatoms. The SMILES string of the molecule is CN1C(=O)Cc2cc(NC(=O)C3(c4ccccc4)CCOCC3)ccc21. The van der Waals surface area contributed by atoms with Crippen LogP contribution in [0.3, 0.4) is 0 Å². The van der Waals surface area contributed by atoms with Crippen LogP contribution < -0.4 is 10.2 Å². The van der Waals surface area contributed by atoms with Gasteiger partial charge < -0.3 is 15.0 Å². The molecule has 2 aromatic carbocycles. The minimum atomic E-state index is -0.578. The number of ether oxygens (including phenoxy) is 1. The third-order valence-electron chi connectivity index (χ3n) is 5.52. The maximum atomic E-state index is 13.3. The fourth-order valence-electron chi connectivity index (χ4n) is 3.92. The summed E-state index contributed by atoms with van der Waals surface area (Å²) >= 11 is 0. The average molecular weight is 350 g/mol. The molecular formula is C21H22N2O3. The molecule has 0 bridgehead atoms. The fourth-order valence-corrected chi connectivity index (χ4v) is 3.92. The molecule has 0 aromatic heterocycles. The Kier molecular flexibility index (Phi) is 4.24. The molecule has 2 aliphatic heterocycles. The van der Waals surface area contributed by atoms with E-state index in [9.17, 15) is 9.59 Å². The van der Waals surface area contributed by atoms with Crippen LogP contribution in [0.4, 0.5) is 11.4 Å². The molecule has 1 fully saturated rings. The second kappa shape index (κ2) is 6.57. The first-order chi connectivity index (χ1) is 12.6. The summed E-state index contributed by atoms with van der Waals surface area (Å²) in [5, 5.41) is 3.09. The molecule has 4 rings (SSSR count). The van der Waals surface area contributed by atoms with E-state index in [4.69, 9.17) is 4.74 Å². The molecular weight excluding hydrogens is 328 g/mol. The highest BCUT2D eigenvalue weighted by molar-refractivity contribution is 6.03. The number of amides is 2. The van der Waals surface area contributed by atoms with Crippen molar-refractivity contribution < 1.29 is 14.3 Å². The number of carbonyl (C=O) groups is 2. The molecule has 0 aliphatic carbocycles. The lowest BCUT2D eigenvalue weighted by atomic mass is 9.73. The molecule has 0 unspecified atom stereocenters. The topological polar surface area (TPSA) is 58.6 Å². The lowest BCUT2D eigenvalue weighted by Gasteiger charge is -2.36. The van der Waals surface area contributed by atoms with Crippen molar-refractivity contribution in [3.8, 4) is 0 Å². The van der Waals surface area contributed by atoms with Gasteiger partial charge in [-0.15, -0.1) is 0 Å². The van der Waals surface area contributed by atoms with Gasteiger partial charge in [0.25, 0.3) is 0 Å². The van der Waals surface area contributed by atoms with Crippen LogP contribution in [0.2, 0.25) is 0 Å². The number of anilines is 2. The standard InChI is InChI=1S/C21H22N2O3/c1-23-18-8-7-17(13-15(18)14-19(23)24)22-20(25)21(9-11-26-12-10-21)16-5-3-2-4-6-16/h2-8,13H,9-12,14H2,1H3,(H,22,25). The van der Waals surface area contributed by atoms with Crippen molar-refractivity contribution >= 4 is 23.2 Å². The molecule has 1 N–H and O–H groups in total. The minimum absolute atomic E-state index is 0.00960. The Morgan fingerprint density at radius 2 is 1.85 bits per heavy atom. The minimum Gasteiger partial charge on any atom is -0.381 e. The molecule has 2 heterocycles. The predicted octanol–water partition coefficient (Wildman–Crippen LogP) is 2.89. The molecule has 2 aliphatic rings. The smallest absolute Gasteiger partial charge is 0.235 e. The number of hydrogen-bond donors (Lipinski definition) is 1. The molecule has 0 saturated carbocycles. The third kappa shape index (κ3) is 2.78. The number of hydrogen-bond acceptors (Lipinski definition) is 3. The monoisotopic (exact) mass is 350 g/mol. The van der Waals surface area contributed by atoms with Gasteiger partial charge in [0.15, 0.2) is 0 Å². The van der Waals surface area contributed by atoms with E-state index >= 15 is 0 Å². The van der Waals surface area contributed by atoms with E-state index in [-0.39, 0.29) is 11.8 Å². The van der Waals surface area contributed by atoms with Crippen molar-refractivity contribution in [2.45, 2.75) is 24.7 Å². The van der Waals surface area contributed by atoms with Crippen molar-refractivity contribution in [3.05, 3.63) is 59.7 Å². The Morgan fingerprint density at radius 1 is 1.12 bits per heavy atom. The van der Waals surface area contributed by atoms with Crippen LogP contribution in [0.5, 0.6) is 0 Å². The second-order valence-electron chi connectivity index (χ2n) is 6.99. The van der Waals surface area contributed by atoms with Gasteiger partial charge in [0.1, 0.15) is 0 Å². The summed E-state index contributed by atoms with van der Waals surface area (Å²) < 4.78 is 5.51. The summed E-state index contributed by atoms with van der Waals surface area (Å²) in [5.41, 5.74) is 3.05. The van der Waals surface area contributed by atoms with Crippen LogP contribution in [-0.2, 0) is 26.2 Å². The van der Waals surface area contributed by atoms with Crippen LogP contribution in [-0.4, -0.2) is 32.1 Å². The van der Waals surface area contributed by atoms with E-state index in [1.165, 1.54) is 0 Å². The molecule has 0 atom stereocenters. The van der Waals surface area contributed by atoms with Crippen LogP contribution in [0.25, 0.3) is 0 Å². The zero-order valence-corrected chi connectivity index (χ0v) is 14.8. The third-order valence-corrected chi connectivity index (χ3v) is 5.52. The van der Waals surface area contributed by atoms with E-state index in [1.807, 2.05) is 48.5 Å². The number of benzene rings is 2. The summed E-state index contributed by atoms with van der Waals surface area (Å²) in [7, 11) is 1.78. The van der Waals surface area contributed by atoms with Crippen LogP contribution in [0.1, 0.15) is 24.0 Å². The molecule has 0 spiro atoms. The van der Waals surface area contributed by atoms with E-state index in [2.05, 4.69) is 5.32 Å². The van der Waals surface area contributed by atoms with Gasteiger partial charge in [0.05, 0.1) is 11.8 Å². The van der Waals surface area contributed by atoms with Gasteiger partial charge in [-0.3, -0.25) is 9.59 Å². The molecule has 134 valence electrons. The quantitative estimate of drug-likeness (QED) is 0.926. The maximum Gasteiger partial charge on any atom is 0.235 e. The Bertz CT molecular complexity index is 842. The van der Waals surface area contributed by atoms with Crippen molar-refractivity contribution in [2.75, 3.05) is 30.5 Å². The van der Waals surface area contributed by atoms with Gasteiger partial charge in [0, 0.05) is 31.6 Å².